The van der Waals surface area contributed by atoms with E-state index in [1.165, 1.54) is 0 Å². The lowest BCUT2D eigenvalue weighted by molar-refractivity contribution is -0.141. The average Bonchev–Trinajstić information content (AvgIpc) is 3.02. The quantitative estimate of drug-likeness (QED) is 0.525. The fraction of sp³-hybridized carbons (Fsp3) is 0.200. The van der Waals surface area contributed by atoms with Gasteiger partial charge >= 0.3 is 5.97 Å². The maximum atomic E-state index is 12.2. The van der Waals surface area contributed by atoms with Crippen molar-refractivity contribution in [1.29, 1.82) is 0 Å². The van der Waals surface area contributed by atoms with E-state index < -0.39 is 12.0 Å². The first-order valence-corrected chi connectivity index (χ1v) is 8.38. The predicted molar refractivity (Wildman–Crippen MR) is 98.0 cm³/mol. The second-order valence-electron chi connectivity index (χ2n) is 6.19. The Morgan fingerprint density at radius 1 is 1.12 bits per heavy atom. The number of carbonyl (C=O) groups excluding carboxylic acids is 1. The molecular weight excluding hydrogens is 332 g/mol. The standard InChI is InChI=1S/C20H20N2O4/c23-15-7-8-17-16(11-15)14(12-21-17)10-18(20(25)26)22-19(24)9-6-13-4-2-1-3-5-13/h1-5,7-8,11-12,18,21,23H,6,9-10H2,(H,22,24)(H,25,26)/t18-/m0/s1. The average molecular weight is 352 g/mol. The molecule has 3 aromatic rings. The number of amides is 1. The fourth-order valence-corrected chi connectivity index (χ4v) is 2.92. The van der Waals surface area contributed by atoms with Crippen LogP contribution in [0.3, 0.4) is 0 Å². The van der Waals surface area contributed by atoms with E-state index >= 15 is 0 Å². The number of aromatic amines is 1. The number of H-pyrrole nitrogens is 1. The molecule has 3 rings (SSSR count). The zero-order chi connectivity index (χ0) is 18.5. The van der Waals surface area contributed by atoms with Gasteiger partial charge < -0.3 is 20.5 Å². The number of phenolic OH excluding ortho intramolecular Hbond substituents is 1. The molecule has 134 valence electrons. The minimum atomic E-state index is -1.09. The molecule has 1 atom stereocenters. The van der Waals surface area contributed by atoms with Gasteiger partial charge in [0.1, 0.15) is 11.8 Å². The van der Waals surface area contributed by atoms with Crippen molar-refractivity contribution in [2.45, 2.75) is 25.3 Å². The Labute approximate surface area is 150 Å². The zero-order valence-corrected chi connectivity index (χ0v) is 14.1. The summed E-state index contributed by atoms with van der Waals surface area (Å²) in [6.07, 6.45) is 2.62. The van der Waals surface area contributed by atoms with Gasteiger partial charge in [0.15, 0.2) is 0 Å². The van der Waals surface area contributed by atoms with E-state index in [1.807, 2.05) is 30.3 Å². The van der Waals surface area contributed by atoms with Crippen LogP contribution in [0.1, 0.15) is 17.5 Å². The first-order valence-electron chi connectivity index (χ1n) is 8.38. The molecule has 0 aliphatic rings. The van der Waals surface area contributed by atoms with Gasteiger partial charge in [-0.1, -0.05) is 30.3 Å². The van der Waals surface area contributed by atoms with Crippen molar-refractivity contribution in [3.63, 3.8) is 0 Å². The van der Waals surface area contributed by atoms with Crippen LogP contribution in [0.4, 0.5) is 0 Å². The lowest BCUT2D eigenvalue weighted by Crippen LogP contribution is -2.42. The van der Waals surface area contributed by atoms with E-state index in [2.05, 4.69) is 10.3 Å². The van der Waals surface area contributed by atoms with Gasteiger partial charge in [-0.05, 0) is 35.7 Å². The maximum absolute atomic E-state index is 12.2. The van der Waals surface area contributed by atoms with Crippen molar-refractivity contribution in [2.75, 3.05) is 0 Å². The van der Waals surface area contributed by atoms with E-state index in [0.29, 0.717) is 6.42 Å². The molecule has 0 saturated carbocycles. The minimum Gasteiger partial charge on any atom is -0.508 e. The number of fused-ring (bicyclic) bond motifs is 1. The number of aliphatic carboxylic acids is 1. The fourth-order valence-electron chi connectivity index (χ4n) is 2.92. The summed E-state index contributed by atoms with van der Waals surface area (Å²) in [4.78, 5) is 26.8. The Morgan fingerprint density at radius 2 is 1.88 bits per heavy atom. The van der Waals surface area contributed by atoms with Gasteiger partial charge in [-0.25, -0.2) is 4.79 Å². The number of rotatable bonds is 7. The van der Waals surface area contributed by atoms with Crippen LogP contribution < -0.4 is 5.32 Å². The SMILES string of the molecule is O=C(CCc1ccccc1)N[C@@H](Cc1c[nH]c2ccc(O)cc12)C(=O)O. The summed E-state index contributed by atoms with van der Waals surface area (Å²) < 4.78 is 0. The number of aromatic hydroxyl groups is 1. The van der Waals surface area contributed by atoms with E-state index in [1.54, 1.807) is 24.4 Å². The van der Waals surface area contributed by atoms with Crippen molar-refractivity contribution in [3.8, 4) is 5.75 Å². The molecule has 2 aromatic carbocycles. The molecule has 6 nitrogen and oxygen atoms in total. The molecule has 0 spiro atoms. The molecule has 0 bridgehead atoms. The van der Waals surface area contributed by atoms with E-state index in [0.717, 1.165) is 22.0 Å². The largest absolute Gasteiger partial charge is 0.508 e. The van der Waals surface area contributed by atoms with Gasteiger partial charge in [-0.2, -0.15) is 0 Å². The Bertz CT molecular complexity index is 918. The number of phenols is 1. The van der Waals surface area contributed by atoms with Crippen LogP contribution in [0.2, 0.25) is 0 Å². The van der Waals surface area contributed by atoms with E-state index in [-0.39, 0.29) is 24.5 Å². The first kappa shape index (κ1) is 17.5. The van der Waals surface area contributed by atoms with Crippen molar-refractivity contribution < 1.29 is 19.8 Å². The highest BCUT2D eigenvalue weighted by Gasteiger charge is 2.22. The topological polar surface area (TPSA) is 102 Å². The number of aryl methyl sites for hydroxylation is 1. The van der Waals surface area contributed by atoms with Crippen molar-refractivity contribution in [2.24, 2.45) is 0 Å². The molecule has 1 aromatic heterocycles. The molecular formula is C20H20N2O4. The van der Waals surface area contributed by atoms with Gasteiger partial charge in [0.2, 0.25) is 5.91 Å². The number of nitrogens with one attached hydrogen (secondary N) is 2. The third-order valence-electron chi connectivity index (χ3n) is 4.29. The van der Waals surface area contributed by atoms with Crippen molar-refractivity contribution in [3.05, 3.63) is 65.9 Å². The maximum Gasteiger partial charge on any atom is 0.326 e. The normalized spacial score (nSPS) is 12.0. The molecule has 4 N–H and O–H groups in total. The minimum absolute atomic E-state index is 0.108. The zero-order valence-electron chi connectivity index (χ0n) is 14.1. The van der Waals surface area contributed by atoms with Crippen LogP contribution in [0.5, 0.6) is 5.75 Å². The van der Waals surface area contributed by atoms with E-state index in [4.69, 9.17) is 0 Å². The Balaban J connectivity index is 1.66. The molecule has 0 aliphatic heterocycles. The van der Waals surface area contributed by atoms with Gasteiger partial charge in [0.25, 0.3) is 0 Å². The summed E-state index contributed by atoms with van der Waals surface area (Å²) >= 11 is 0. The number of benzene rings is 2. The molecule has 0 aliphatic carbocycles. The van der Waals surface area contributed by atoms with Gasteiger partial charge in [0, 0.05) is 29.9 Å². The summed E-state index contributed by atoms with van der Waals surface area (Å²) in [5.41, 5.74) is 2.56. The van der Waals surface area contributed by atoms with Crippen molar-refractivity contribution in [1.82, 2.24) is 10.3 Å². The third-order valence-corrected chi connectivity index (χ3v) is 4.29. The summed E-state index contributed by atoms with van der Waals surface area (Å²) in [5.74, 6) is -1.28. The van der Waals surface area contributed by atoms with Gasteiger partial charge in [-0.3, -0.25) is 4.79 Å². The second-order valence-corrected chi connectivity index (χ2v) is 6.19. The first-order chi connectivity index (χ1) is 12.5. The van der Waals surface area contributed by atoms with E-state index in [9.17, 15) is 19.8 Å². The lowest BCUT2D eigenvalue weighted by Gasteiger charge is -2.14. The van der Waals surface area contributed by atoms with Crippen LogP contribution in [-0.2, 0) is 22.4 Å². The predicted octanol–water partition coefficient (Wildman–Crippen LogP) is 2.62. The molecule has 26 heavy (non-hydrogen) atoms. The lowest BCUT2D eigenvalue weighted by atomic mass is 10.0. The second kappa shape index (κ2) is 7.74. The van der Waals surface area contributed by atoms with Crippen LogP contribution in [-0.4, -0.2) is 33.1 Å². The summed E-state index contributed by atoms with van der Waals surface area (Å²) in [6.45, 7) is 0. The highest BCUT2D eigenvalue weighted by Crippen LogP contribution is 2.24. The molecule has 0 saturated heterocycles. The molecule has 1 amide bonds. The number of carbonyl (C=O) groups is 2. The van der Waals surface area contributed by atoms with Gasteiger partial charge in [0.05, 0.1) is 0 Å². The smallest absolute Gasteiger partial charge is 0.326 e. The number of carboxylic acids is 1. The highest BCUT2D eigenvalue weighted by atomic mass is 16.4. The monoisotopic (exact) mass is 352 g/mol. The van der Waals surface area contributed by atoms with Crippen LogP contribution in [0.15, 0.2) is 54.7 Å². The molecule has 0 radical (unpaired) electrons. The molecule has 1 heterocycles. The Hall–Kier alpha value is -3.28. The van der Waals surface area contributed by atoms with Crippen molar-refractivity contribution >= 4 is 22.8 Å². The molecule has 0 fully saturated rings. The summed E-state index contributed by atoms with van der Waals surface area (Å²) in [7, 11) is 0. The molecule has 6 heteroatoms. The van der Waals surface area contributed by atoms with Crippen LogP contribution >= 0.6 is 0 Å². The number of aromatic nitrogens is 1. The number of hydrogen-bond acceptors (Lipinski definition) is 3. The highest BCUT2D eigenvalue weighted by molar-refractivity contribution is 5.87. The number of hydrogen-bond donors (Lipinski definition) is 4. The number of carboxylic acid groups (broad SMARTS) is 1. The summed E-state index contributed by atoms with van der Waals surface area (Å²) in [5, 5.41) is 22.4. The third kappa shape index (κ3) is 4.22. The Morgan fingerprint density at radius 3 is 2.62 bits per heavy atom. The Kier molecular flexibility index (Phi) is 5.22. The van der Waals surface area contributed by atoms with Gasteiger partial charge in [-0.15, -0.1) is 0 Å². The van der Waals surface area contributed by atoms with Crippen LogP contribution in [0, 0.1) is 0 Å². The summed E-state index contributed by atoms with van der Waals surface area (Å²) in [6, 6.07) is 13.4. The molecule has 0 unspecified atom stereocenters. The van der Waals surface area contributed by atoms with Crippen LogP contribution in [0.25, 0.3) is 10.9 Å².